The molecule has 284 valence electrons. The number of nitrogens with zero attached hydrogens (tertiary/aromatic N) is 6. The second kappa shape index (κ2) is 12.9. The van der Waals surface area contributed by atoms with Crippen molar-refractivity contribution in [2.75, 3.05) is 51.7 Å². The van der Waals surface area contributed by atoms with Gasteiger partial charge in [0, 0.05) is 37.2 Å². The Balaban J connectivity index is 1.17. The number of anilines is 1. The van der Waals surface area contributed by atoms with Crippen molar-refractivity contribution in [3.63, 3.8) is 0 Å². The van der Waals surface area contributed by atoms with E-state index in [9.17, 15) is 9.18 Å². The van der Waals surface area contributed by atoms with E-state index in [1.54, 1.807) is 12.1 Å². The lowest BCUT2D eigenvalue weighted by Crippen LogP contribution is -2.63. The lowest BCUT2D eigenvalue weighted by atomic mass is 9.95. The van der Waals surface area contributed by atoms with Crippen LogP contribution in [0, 0.1) is 5.82 Å². The van der Waals surface area contributed by atoms with Gasteiger partial charge >= 0.3 is 12.1 Å². The molecule has 2 bridgehead atoms. The monoisotopic (exact) mass is 754 g/mol. The average Bonchev–Trinajstić information content (AvgIpc) is 3.72. The lowest BCUT2D eigenvalue weighted by molar-refractivity contribution is 0.00537. The van der Waals surface area contributed by atoms with Crippen LogP contribution in [-0.2, 0) is 9.47 Å². The molecule has 0 N–H and O–H groups in total. The molecule has 1 saturated carbocycles. The summed E-state index contributed by atoms with van der Waals surface area (Å²) in [5, 5.41) is 0.789. The van der Waals surface area contributed by atoms with E-state index >= 15 is 4.39 Å². The summed E-state index contributed by atoms with van der Waals surface area (Å²) in [4.78, 5) is 34.2. The number of hydrogen-bond donors (Lipinski definition) is 0. The minimum absolute atomic E-state index is 0.00164. The number of piperazine rings is 1. The fourth-order valence-corrected chi connectivity index (χ4v) is 9.70. The maximum atomic E-state index is 17.4. The summed E-state index contributed by atoms with van der Waals surface area (Å²) in [6, 6.07) is 2.73. The van der Waals surface area contributed by atoms with Crippen LogP contribution in [0.4, 0.5) is 19.4 Å². The number of ether oxygens (including phenoxy) is 5. The van der Waals surface area contributed by atoms with Crippen LogP contribution in [0.2, 0.25) is 5.02 Å². The van der Waals surface area contributed by atoms with Crippen molar-refractivity contribution in [3.05, 3.63) is 28.5 Å². The first-order valence-corrected chi connectivity index (χ1v) is 19.1. The Morgan fingerprint density at radius 3 is 2.70 bits per heavy atom. The molecule has 9 rings (SSSR count). The third-order valence-electron chi connectivity index (χ3n) is 11.7. The van der Waals surface area contributed by atoms with Crippen molar-refractivity contribution in [2.24, 2.45) is 0 Å². The van der Waals surface area contributed by atoms with Crippen molar-refractivity contribution < 1.29 is 37.3 Å². The Hall–Kier alpha value is -3.75. The van der Waals surface area contributed by atoms with Crippen molar-refractivity contribution in [1.29, 1.82) is 0 Å². The third-order valence-corrected chi connectivity index (χ3v) is 12.0. The summed E-state index contributed by atoms with van der Waals surface area (Å²) in [7, 11) is 1.52. The van der Waals surface area contributed by atoms with Crippen LogP contribution in [-0.4, -0.2) is 113 Å². The summed E-state index contributed by atoms with van der Waals surface area (Å²) in [6.07, 6.45) is 4.20. The zero-order valence-electron chi connectivity index (χ0n) is 30.5. The van der Waals surface area contributed by atoms with Gasteiger partial charge in [-0.2, -0.15) is 9.97 Å². The molecule has 7 heterocycles. The largest absolute Gasteiger partial charge is 0.475 e. The molecule has 0 radical (unpaired) electrons. The van der Waals surface area contributed by atoms with Gasteiger partial charge in [0.05, 0.1) is 23.7 Å². The molecule has 5 aliphatic heterocycles. The van der Waals surface area contributed by atoms with E-state index in [1.165, 1.54) is 7.11 Å². The first kappa shape index (κ1) is 35.0. The van der Waals surface area contributed by atoms with Crippen LogP contribution in [0.15, 0.2) is 12.1 Å². The number of amides is 1. The minimum Gasteiger partial charge on any atom is -0.475 e. The molecule has 6 aliphatic rings. The quantitative estimate of drug-likeness (QED) is 0.231. The first-order chi connectivity index (χ1) is 25.4. The predicted octanol–water partition coefficient (Wildman–Crippen LogP) is 6.65. The second-order valence-corrected chi connectivity index (χ2v) is 16.8. The lowest BCUT2D eigenvalue weighted by Gasteiger charge is -2.46. The van der Waals surface area contributed by atoms with Gasteiger partial charge < -0.3 is 28.6 Å². The summed E-state index contributed by atoms with van der Waals surface area (Å²) in [5.74, 6) is 0.518. The Morgan fingerprint density at radius 1 is 1.09 bits per heavy atom. The highest BCUT2D eigenvalue weighted by molar-refractivity contribution is 6.32. The molecule has 0 unspecified atom stereocenters. The zero-order valence-corrected chi connectivity index (χ0v) is 31.3. The third kappa shape index (κ3) is 6.08. The molecular weight excluding hydrogens is 710 g/mol. The smallest absolute Gasteiger partial charge is 0.410 e. The van der Waals surface area contributed by atoms with Gasteiger partial charge in [-0.1, -0.05) is 11.6 Å². The number of hydrogen-bond acceptors (Lipinski definition) is 11. The molecule has 1 aliphatic carbocycles. The topological polar surface area (TPSA) is 112 Å². The summed E-state index contributed by atoms with van der Waals surface area (Å²) >= 11 is 6.86. The molecule has 5 fully saturated rings. The number of benzene rings is 1. The van der Waals surface area contributed by atoms with Crippen LogP contribution in [0.3, 0.4) is 0 Å². The Bertz CT molecular complexity index is 1960. The number of halogens is 3. The molecule has 15 heteroatoms. The standard InChI is InChI=1S/C38H45ClF2N6O6/c1-37(2,3)53-36(48)47-22-8-9-26(47)27-17-50-34-29-32(30(41)31(42-34)24-12-23(52-19-49-4)13-25(39)28(24)20-6-7-20)43-35(44-33(29)46(27)16-22)51-18-38-10-5-11-45(38)15-21(40)14-38/h12-13,20-22,26-27H,5-11,14-19H2,1-4H3/t21-,22-,26+,27+,38+/m0/s1. The summed E-state index contributed by atoms with van der Waals surface area (Å²) in [6.45, 7) is 7.52. The van der Waals surface area contributed by atoms with Gasteiger partial charge in [-0.05, 0) is 89.5 Å². The fraction of sp³-hybridized carbons (Fsp3) is 0.632. The van der Waals surface area contributed by atoms with Crippen molar-refractivity contribution in [3.8, 4) is 28.9 Å². The van der Waals surface area contributed by atoms with Gasteiger partial charge in [-0.3, -0.25) is 9.80 Å². The SMILES string of the molecule is COCOc1cc(Cl)c(C2CC2)c(-c2nc3c4c(nc(OC[C@]56CCCN5C[C@@H](F)C6)nc4c2F)N2C[C@@H]4CC[C@H]([C@H]2CO3)N4C(=O)OC(C)(C)C)c1. The van der Waals surface area contributed by atoms with E-state index in [0.717, 1.165) is 50.6 Å². The molecule has 1 aromatic carbocycles. The van der Waals surface area contributed by atoms with Crippen LogP contribution >= 0.6 is 11.6 Å². The van der Waals surface area contributed by atoms with Gasteiger partial charge in [0.25, 0.3) is 0 Å². The molecule has 12 nitrogen and oxygen atoms in total. The van der Waals surface area contributed by atoms with E-state index in [-0.39, 0.29) is 73.2 Å². The number of methoxy groups -OCH3 is 1. The Labute approximate surface area is 312 Å². The fourth-order valence-electron chi connectivity index (χ4n) is 9.34. The van der Waals surface area contributed by atoms with Gasteiger partial charge in [0.1, 0.15) is 53.2 Å². The van der Waals surface area contributed by atoms with E-state index in [4.69, 9.17) is 50.2 Å². The molecule has 53 heavy (non-hydrogen) atoms. The van der Waals surface area contributed by atoms with Gasteiger partial charge in [0.2, 0.25) is 5.88 Å². The van der Waals surface area contributed by atoms with Crippen LogP contribution < -0.4 is 19.1 Å². The van der Waals surface area contributed by atoms with Crippen molar-refractivity contribution in [1.82, 2.24) is 24.8 Å². The van der Waals surface area contributed by atoms with Gasteiger partial charge in [0.15, 0.2) is 12.6 Å². The molecule has 3 aromatic rings. The number of fused-ring (bicyclic) bond motifs is 6. The maximum absolute atomic E-state index is 17.4. The maximum Gasteiger partial charge on any atom is 0.410 e. The van der Waals surface area contributed by atoms with Crippen LogP contribution in [0.5, 0.6) is 17.6 Å². The average molecular weight is 755 g/mol. The number of pyridine rings is 1. The molecule has 2 aromatic heterocycles. The number of carbonyl (C=O) groups excluding carboxylic acids is 1. The minimum atomic E-state index is -0.930. The van der Waals surface area contributed by atoms with E-state index < -0.39 is 23.1 Å². The molecule has 5 atom stereocenters. The van der Waals surface area contributed by atoms with E-state index in [0.29, 0.717) is 47.1 Å². The van der Waals surface area contributed by atoms with Crippen LogP contribution in [0.1, 0.15) is 77.2 Å². The molecule has 1 amide bonds. The number of carbonyl (C=O) groups is 1. The Morgan fingerprint density at radius 2 is 1.92 bits per heavy atom. The Kier molecular flexibility index (Phi) is 8.54. The van der Waals surface area contributed by atoms with Crippen molar-refractivity contribution in [2.45, 2.75) is 107 Å². The number of aromatic nitrogens is 3. The highest BCUT2D eigenvalue weighted by Gasteiger charge is 2.53. The normalized spacial score (nSPS) is 27.8. The van der Waals surface area contributed by atoms with E-state index in [1.807, 2.05) is 25.7 Å². The highest BCUT2D eigenvalue weighted by Crippen LogP contribution is 2.51. The van der Waals surface area contributed by atoms with E-state index in [2.05, 4.69) is 9.80 Å². The summed E-state index contributed by atoms with van der Waals surface area (Å²) < 4.78 is 61.7. The predicted molar refractivity (Wildman–Crippen MR) is 192 cm³/mol. The first-order valence-electron chi connectivity index (χ1n) is 18.7. The highest BCUT2D eigenvalue weighted by atomic mass is 35.5. The zero-order chi connectivity index (χ0) is 36.8. The van der Waals surface area contributed by atoms with Crippen LogP contribution in [0.25, 0.3) is 22.2 Å². The molecule has 4 saturated heterocycles. The number of rotatable bonds is 8. The second-order valence-electron chi connectivity index (χ2n) is 16.4. The number of alkyl halides is 1. The van der Waals surface area contributed by atoms with Gasteiger partial charge in [-0.15, -0.1) is 0 Å². The molecular formula is C38H45ClF2N6O6. The molecule has 0 spiro atoms. The van der Waals surface area contributed by atoms with Crippen molar-refractivity contribution >= 4 is 34.4 Å². The van der Waals surface area contributed by atoms with Gasteiger partial charge in [-0.25, -0.2) is 18.6 Å². The summed E-state index contributed by atoms with van der Waals surface area (Å²) in [5.41, 5.74) is 0.204.